The van der Waals surface area contributed by atoms with Crippen molar-refractivity contribution in [2.45, 2.75) is 11.9 Å². The van der Waals surface area contributed by atoms with Crippen LogP contribution in [0.5, 0.6) is 5.75 Å². The summed E-state index contributed by atoms with van der Waals surface area (Å²) < 4.78 is 5.76. The van der Waals surface area contributed by atoms with Gasteiger partial charge in [-0.15, -0.1) is 0 Å². The summed E-state index contributed by atoms with van der Waals surface area (Å²) in [6.45, 7) is 2.00. The van der Waals surface area contributed by atoms with Crippen LogP contribution in [0.2, 0.25) is 0 Å². The molecule has 0 radical (unpaired) electrons. The molecule has 1 N–H and O–H groups in total. The number of rotatable bonds is 5. The number of benzene rings is 4. The number of fused-ring (bicyclic) bond motifs is 2. The van der Waals surface area contributed by atoms with Gasteiger partial charge in [0.05, 0.1) is 18.5 Å². The maximum atomic E-state index is 13.6. The Kier molecular flexibility index (Phi) is 6.09. The van der Waals surface area contributed by atoms with E-state index in [4.69, 9.17) is 14.9 Å². The second kappa shape index (κ2) is 9.72. The van der Waals surface area contributed by atoms with Gasteiger partial charge in [-0.05, 0) is 55.1 Å². The Labute approximate surface area is 225 Å². The molecule has 4 aromatic rings. The molecule has 0 aliphatic carbocycles. The number of thioether (sulfide) groups is 1. The number of carbonyl (C=O) groups is 1. The first-order valence-electron chi connectivity index (χ1n) is 12.2. The highest BCUT2D eigenvalue weighted by atomic mass is 32.2. The first-order chi connectivity index (χ1) is 18.6. The van der Waals surface area contributed by atoms with E-state index in [2.05, 4.69) is 17.4 Å². The van der Waals surface area contributed by atoms with E-state index in [1.807, 2.05) is 114 Å². The Morgan fingerprint density at radius 2 is 1.47 bits per heavy atom. The van der Waals surface area contributed by atoms with E-state index in [0.29, 0.717) is 16.5 Å². The van der Waals surface area contributed by atoms with Crippen LogP contribution in [-0.4, -0.2) is 23.8 Å². The van der Waals surface area contributed by atoms with Crippen LogP contribution < -0.4 is 20.1 Å². The third-order valence-corrected chi connectivity index (χ3v) is 7.77. The van der Waals surface area contributed by atoms with Gasteiger partial charge in [-0.1, -0.05) is 72.8 Å². The van der Waals surface area contributed by atoms with Crippen molar-refractivity contribution in [3.8, 4) is 5.75 Å². The Morgan fingerprint density at radius 3 is 2.24 bits per heavy atom. The van der Waals surface area contributed by atoms with Gasteiger partial charge in [0.15, 0.2) is 5.04 Å². The average Bonchev–Trinajstić information content (AvgIpc) is 3.37. The van der Waals surface area contributed by atoms with Crippen LogP contribution in [-0.2, 0) is 9.79 Å². The third-order valence-electron chi connectivity index (χ3n) is 6.46. The fraction of sp³-hybridized carbons (Fsp3) is 0.100. The number of hydrogen-bond donors (Lipinski definition) is 1. The summed E-state index contributed by atoms with van der Waals surface area (Å²) in [6, 6.07) is 35.1. The number of amides is 1. The summed E-state index contributed by atoms with van der Waals surface area (Å²) in [5, 5.41) is 17.1. The van der Waals surface area contributed by atoms with Gasteiger partial charge in [-0.2, -0.15) is 10.2 Å². The van der Waals surface area contributed by atoms with E-state index in [9.17, 15) is 4.79 Å². The van der Waals surface area contributed by atoms with E-state index in [0.717, 1.165) is 28.2 Å². The van der Waals surface area contributed by atoms with Crippen molar-refractivity contribution < 1.29 is 9.53 Å². The number of nitrogens with one attached hydrogen (secondary N) is 1. The first-order valence-corrected chi connectivity index (χ1v) is 13.0. The standard InChI is InChI=1S/C30H25N5O2S/c1-21-24-17-9-10-18-25(24)30(34(32-21)23-15-7-4-8-16-23)35(26-19-11-12-20-27(26)37-2)33-29(38-30)28(36)31-22-13-5-3-6-14-22/h3-20H,1-2H3,(H,31,36)/t30-/m1/s1. The highest BCUT2D eigenvalue weighted by molar-refractivity contribution is 8.17. The van der Waals surface area contributed by atoms with Crippen molar-refractivity contribution in [3.05, 3.63) is 120 Å². The Hall–Kier alpha value is -4.56. The van der Waals surface area contributed by atoms with Gasteiger partial charge in [-0.3, -0.25) is 4.79 Å². The SMILES string of the molecule is COc1ccccc1N1N=C(C(=O)Nc2ccccc2)S[C@@]12c1ccccc1C(C)=NN2c1ccccc1. The second-order valence-corrected chi connectivity index (χ2v) is 9.96. The van der Waals surface area contributed by atoms with Gasteiger partial charge in [-0.25, -0.2) is 10.0 Å². The predicted molar refractivity (Wildman–Crippen MR) is 155 cm³/mol. The number of para-hydroxylation sites is 4. The molecular formula is C30H25N5O2S. The number of nitrogens with zero attached hydrogens (tertiary/aromatic N) is 4. The van der Waals surface area contributed by atoms with Crippen LogP contribution >= 0.6 is 11.8 Å². The van der Waals surface area contributed by atoms with Gasteiger partial charge in [0, 0.05) is 16.8 Å². The van der Waals surface area contributed by atoms with Crippen LogP contribution in [0.1, 0.15) is 18.1 Å². The summed E-state index contributed by atoms with van der Waals surface area (Å²) in [5.74, 6) is 0.340. The predicted octanol–water partition coefficient (Wildman–Crippen LogP) is 6.26. The molecule has 2 heterocycles. The third kappa shape index (κ3) is 3.90. The second-order valence-electron chi connectivity index (χ2n) is 8.80. The first kappa shape index (κ1) is 23.8. The molecular weight excluding hydrogens is 494 g/mol. The molecule has 1 amide bonds. The molecule has 0 unspecified atom stereocenters. The number of carbonyl (C=O) groups excluding carboxylic acids is 1. The van der Waals surface area contributed by atoms with Gasteiger partial charge in [0.2, 0.25) is 4.99 Å². The maximum Gasteiger partial charge on any atom is 0.282 e. The molecule has 1 atom stereocenters. The molecule has 2 aliphatic rings. The van der Waals surface area contributed by atoms with Gasteiger partial charge >= 0.3 is 0 Å². The van der Waals surface area contributed by atoms with Crippen molar-refractivity contribution in [2.24, 2.45) is 10.2 Å². The minimum Gasteiger partial charge on any atom is -0.495 e. The van der Waals surface area contributed by atoms with Crippen molar-refractivity contribution in [3.63, 3.8) is 0 Å². The van der Waals surface area contributed by atoms with Gasteiger partial charge in [0.25, 0.3) is 5.91 Å². The van der Waals surface area contributed by atoms with E-state index in [-0.39, 0.29) is 5.91 Å². The Balaban J connectivity index is 1.57. The Morgan fingerprint density at radius 1 is 0.816 bits per heavy atom. The molecule has 0 bridgehead atoms. The van der Waals surface area contributed by atoms with Gasteiger partial charge < -0.3 is 10.1 Å². The lowest BCUT2D eigenvalue weighted by atomic mass is 9.98. The zero-order valence-electron chi connectivity index (χ0n) is 20.9. The molecule has 0 aromatic heterocycles. The lowest BCUT2D eigenvalue weighted by Crippen LogP contribution is -2.53. The topological polar surface area (TPSA) is 69.5 Å². The lowest BCUT2D eigenvalue weighted by Gasteiger charge is -2.47. The van der Waals surface area contributed by atoms with E-state index in [1.165, 1.54) is 11.8 Å². The van der Waals surface area contributed by atoms with Crippen molar-refractivity contribution in [2.75, 3.05) is 22.4 Å². The largest absolute Gasteiger partial charge is 0.495 e. The van der Waals surface area contributed by atoms with Crippen LogP contribution in [0.3, 0.4) is 0 Å². The lowest BCUT2D eigenvalue weighted by molar-refractivity contribution is -0.110. The van der Waals surface area contributed by atoms with E-state index < -0.39 is 4.99 Å². The normalized spacial score (nSPS) is 18.1. The molecule has 4 aromatic carbocycles. The Bertz CT molecular complexity index is 1560. The fourth-order valence-electron chi connectivity index (χ4n) is 4.75. The summed E-state index contributed by atoms with van der Waals surface area (Å²) in [6.07, 6.45) is 0. The van der Waals surface area contributed by atoms with Crippen molar-refractivity contribution in [1.29, 1.82) is 0 Å². The molecule has 0 fully saturated rings. The summed E-state index contributed by atoms with van der Waals surface area (Å²) in [5.41, 5.74) is 5.12. The monoisotopic (exact) mass is 519 g/mol. The molecule has 188 valence electrons. The zero-order chi connectivity index (χ0) is 26.1. The van der Waals surface area contributed by atoms with Crippen LogP contribution in [0.25, 0.3) is 0 Å². The zero-order valence-corrected chi connectivity index (χ0v) is 21.7. The quantitative estimate of drug-likeness (QED) is 0.337. The minimum atomic E-state index is -1.03. The summed E-state index contributed by atoms with van der Waals surface area (Å²) in [4.78, 5) is 12.6. The molecule has 1 spiro atoms. The highest BCUT2D eigenvalue weighted by Gasteiger charge is 2.56. The van der Waals surface area contributed by atoms with Crippen LogP contribution in [0.4, 0.5) is 17.1 Å². The fourth-order valence-corrected chi connectivity index (χ4v) is 6.03. The van der Waals surface area contributed by atoms with Crippen LogP contribution in [0, 0.1) is 0 Å². The van der Waals surface area contributed by atoms with Gasteiger partial charge in [0.1, 0.15) is 11.4 Å². The van der Waals surface area contributed by atoms with Crippen molar-refractivity contribution in [1.82, 2.24) is 0 Å². The summed E-state index contributed by atoms with van der Waals surface area (Å²) in [7, 11) is 1.63. The molecule has 38 heavy (non-hydrogen) atoms. The summed E-state index contributed by atoms with van der Waals surface area (Å²) >= 11 is 1.36. The number of anilines is 3. The number of ether oxygens (including phenoxy) is 1. The molecule has 6 rings (SSSR count). The molecule has 0 saturated heterocycles. The van der Waals surface area contributed by atoms with Crippen LogP contribution in [0.15, 0.2) is 119 Å². The average molecular weight is 520 g/mol. The molecule has 2 aliphatic heterocycles. The molecule has 8 heteroatoms. The highest BCUT2D eigenvalue weighted by Crippen LogP contribution is 2.55. The smallest absolute Gasteiger partial charge is 0.282 e. The van der Waals surface area contributed by atoms with Crippen molar-refractivity contribution >= 4 is 45.5 Å². The number of hydrazone groups is 2. The van der Waals surface area contributed by atoms with E-state index in [1.54, 1.807) is 7.11 Å². The molecule has 7 nitrogen and oxygen atoms in total. The van der Waals surface area contributed by atoms with E-state index >= 15 is 0 Å². The maximum absolute atomic E-state index is 13.6. The number of methoxy groups -OCH3 is 1. The molecule has 0 saturated carbocycles. The minimum absolute atomic E-state index is 0.297. The number of hydrogen-bond acceptors (Lipinski definition) is 7.